The lowest BCUT2D eigenvalue weighted by molar-refractivity contribution is -0.127. The van der Waals surface area contributed by atoms with Crippen molar-refractivity contribution in [2.24, 2.45) is 5.92 Å². The van der Waals surface area contributed by atoms with Crippen LogP contribution in [0.5, 0.6) is 0 Å². The fourth-order valence-electron chi connectivity index (χ4n) is 4.96. The summed E-state index contributed by atoms with van der Waals surface area (Å²) < 4.78 is 17.1. The van der Waals surface area contributed by atoms with E-state index in [0.717, 1.165) is 25.3 Å². The molecule has 8 heteroatoms. The van der Waals surface area contributed by atoms with Gasteiger partial charge in [-0.15, -0.1) is 11.8 Å². The van der Waals surface area contributed by atoms with Gasteiger partial charge in [0.25, 0.3) is 0 Å². The first-order valence-corrected chi connectivity index (χ1v) is 16.3. The number of hydrogen-bond acceptors (Lipinski definition) is 7. The highest BCUT2D eigenvalue weighted by molar-refractivity contribution is 8.02. The first-order valence-electron chi connectivity index (χ1n) is 15.3. The van der Waals surface area contributed by atoms with Crippen molar-refractivity contribution in [3.63, 3.8) is 0 Å². The average Bonchev–Trinajstić information content (AvgIpc) is 3.59. The molecule has 0 saturated carbocycles. The first-order chi connectivity index (χ1) is 18.6. The molecule has 2 heterocycles. The standard InChI is InChI=1S/C30H54N2O5S/c1-3-4-5-6-7-8-9-10-11-12-13-14-15-16-20-35-23-28-22-29(36-24-28)25-37-30(34)32(27(2)33)18-17-31-19-21-38-26-31/h19,21,28-29H,3-18,20,22-26H2,1-2H3. The number of rotatable bonds is 22. The van der Waals surface area contributed by atoms with Crippen molar-refractivity contribution in [1.82, 2.24) is 9.80 Å². The van der Waals surface area contributed by atoms with Gasteiger partial charge in [0.15, 0.2) is 0 Å². The largest absolute Gasteiger partial charge is 0.446 e. The summed E-state index contributed by atoms with van der Waals surface area (Å²) in [6.45, 7) is 6.93. The second-order valence-electron chi connectivity index (χ2n) is 10.9. The Labute approximate surface area is 236 Å². The lowest BCUT2D eigenvalue weighted by Crippen LogP contribution is -2.41. The minimum absolute atomic E-state index is 0.125. The van der Waals surface area contributed by atoms with Gasteiger partial charge in [-0.25, -0.2) is 9.69 Å². The molecule has 2 amide bonds. The Kier molecular flexibility index (Phi) is 18.7. The highest BCUT2D eigenvalue weighted by Gasteiger charge is 2.28. The number of amides is 2. The monoisotopic (exact) mass is 554 g/mol. The number of hydrogen-bond donors (Lipinski definition) is 0. The lowest BCUT2D eigenvalue weighted by atomic mass is 10.0. The molecule has 7 nitrogen and oxygen atoms in total. The van der Waals surface area contributed by atoms with E-state index in [4.69, 9.17) is 14.2 Å². The molecule has 2 rings (SSSR count). The molecule has 0 spiro atoms. The summed E-state index contributed by atoms with van der Waals surface area (Å²) in [5.41, 5.74) is 0. The van der Waals surface area contributed by atoms with E-state index in [1.807, 2.05) is 11.6 Å². The fourth-order valence-corrected chi connectivity index (χ4v) is 5.71. The van der Waals surface area contributed by atoms with E-state index in [0.29, 0.717) is 32.2 Å². The molecule has 0 aromatic rings. The van der Waals surface area contributed by atoms with Crippen LogP contribution in [-0.4, -0.2) is 73.3 Å². The number of nitrogens with zero attached hydrogens (tertiary/aromatic N) is 2. The minimum atomic E-state index is -0.588. The van der Waals surface area contributed by atoms with Crippen LogP contribution >= 0.6 is 11.8 Å². The van der Waals surface area contributed by atoms with Gasteiger partial charge in [-0.1, -0.05) is 90.4 Å². The molecule has 0 bridgehead atoms. The maximum atomic E-state index is 12.4. The number of imide groups is 1. The number of carbonyl (C=O) groups is 2. The number of carbonyl (C=O) groups excluding carboxylic acids is 2. The van der Waals surface area contributed by atoms with E-state index < -0.39 is 6.09 Å². The zero-order valence-electron chi connectivity index (χ0n) is 24.2. The first kappa shape index (κ1) is 33.0. The van der Waals surface area contributed by atoms with Gasteiger partial charge in [-0.2, -0.15) is 0 Å². The van der Waals surface area contributed by atoms with Gasteiger partial charge in [0.05, 0.1) is 25.2 Å². The normalized spacial score (nSPS) is 18.8. The summed E-state index contributed by atoms with van der Waals surface area (Å²) in [5.74, 6) is 0.890. The molecule has 2 unspecified atom stereocenters. The van der Waals surface area contributed by atoms with E-state index in [1.165, 1.54) is 95.3 Å². The minimum Gasteiger partial charge on any atom is -0.446 e. The average molecular weight is 555 g/mol. The predicted molar refractivity (Wildman–Crippen MR) is 156 cm³/mol. The molecule has 0 aromatic carbocycles. The van der Waals surface area contributed by atoms with Gasteiger partial charge >= 0.3 is 6.09 Å². The summed E-state index contributed by atoms with van der Waals surface area (Å²) in [6.07, 6.45) is 21.2. The Hall–Kier alpha value is -1.25. The molecule has 0 aliphatic carbocycles. The van der Waals surface area contributed by atoms with Crippen molar-refractivity contribution in [2.45, 2.75) is 116 Å². The third kappa shape index (κ3) is 15.4. The van der Waals surface area contributed by atoms with Crippen LogP contribution in [0.2, 0.25) is 0 Å². The second-order valence-corrected chi connectivity index (χ2v) is 11.7. The second kappa shape index (κ2) is 21.6. The van der Waals surface area contributed by atoms with Gasteiger partial charge in [-0.3, -0.25) is 4.79 Å². The lowest BCUT2D eigenvalue weighted by Gasteiger charge is -2.22. The Morgan fingerprint density at radius 1 is 0.947 bits per heavy atom. The number of unbranched alkanes of at least 4 members (excludes halogenated alkanes) is 13. The van der Waals surface area contributed by atoms with Gasteiger partial charge in [0, 0.05) is 38.7 Å². The maximum Gasteiger partial charge on any atom is 0.416 e. The molecule has 1 fully saturated rings. The molecule has 1 saturated heterocycles. The Morgan fingerprint density at radius 3 is 2.16 bits per heavy atom. The van der Waals surface area contributed by atoms with Crippen molar-refractivity contribution in [1.29, 1.82) is 0 Å². The summed E-state index contributed by atoms with van der Waals surface area (Å²) in [7, 11) is 0. The van der Waals surface area contributed by atoms with Crippen molar-refractivity contribution >= 4 is 23.8 Å². The Morgan fingerprint density at radius 2 is 1.58 bits per heavy atom. The van der Waals surface area contributed by atoms with E-state index >= 15 is 0 Å². The summed E-state index contributed by atoms with van der Waals surface area (Å²) in [4.78, 5) is 27.6. The van der Waals surface area contributed by atoms with Crippen molar-refractivity contribution in [3.05, 3.63) is 11.6 Å². The van der Waals surface area contributed by atoms with Crippen LogP contribution in [0.3, 0.4) is 0 Å². The zero-order valence-corrected chi connectivity index (χ0v) is 25.0. The Bertz CT molecular complexity index is 663. The molecule has 2 aliphatic heterocycles. The SMILES string of the molecule is CCCCCCCCCCCCCCCCOCC1COC(COC(=O)N(CCN2C=CSC2)C(C)=O)C1. The third-order valence-electron chi connectivity index (χ3n) is 7.37. The molecule has 0 aromatic heterocycles. The van der Waals surface area contributed by atoms with Crippen LogP contribution in [0.15, 0.2) is 11.6 Å². The van der Waals surface area contributed by atoms with Crippen LogP contribution in [0, 0.1) is 5.92 Å². The van der Waals surface area contributed by atoms with E-state index in [9.17, 15) is 9.59 Å². The fraction of sp³-hybridized carbons (Fsp3) is 0.867. The highest BCUT2D eigenvalue weighted by Crippen LogP contribution is 2.21. The van der Waals surface area contributed by atoms with Gasteiger partial charge in [0.1, 0.15) is 6.61 Å². The maximum absolute atomic E-state index is 12.4. The third-order valence-corrected chi connectivity index (χ3v) is 8.17. The topological polar surface area (TPSA) is 68.3 Å². The molecule has 2 aliphatic rings. The smallest absolute Gasteiger partial charge is 0.416 e. The van der Waals surface area contributed by atoms with Crippen molar-refractivity contribution < 1.29 is 23.8 Å². The predicted octanol–water partition coefficient (Wildman–Crippen LogP) is 7.35. The van der Waals surface area contributed by atoms with E-state index in [1.54, 1.807) is 11.8 Å². The molecule has 0 N–H and O–H groups in total. The van der Waals surface area contributed by atoms with Crippen LogP contribution in [-0.2, 0) is 19.0 Å². The Balaban J connectivity index is 1.39. The van der Waals surface area contributed by atoms with Crippen LogP contribution in [0.1, 0.15) is 110 Å². The zero-order chi connectivity index (χ0) is 27.3. The van der Waals surface area contributed by atoms with E-state index in [2.05, 4.69) is 11.8 Å². The van der Waals surface area contributed by atoms with Crippen LogP contribution < -0.4 is 0 Å². The van der Waals surface area contributed by atoms with Crippen molar-refractivity contribution in [2.75, 3.05) is 45.4 Å². The molecular formula is C30H54N2O5S. The molecular weight excluding hydrogens is 500 g/mol. The number of thioether (sulfide) groups is 1. The van der Waals surface area contributed by atoms with Crippen LogP contribution in [0.4, 0.5) is 4.79 Å². The molecule has 220 valence electrons. The highest BCUT2D eigenvalue weighted by atomic mass is 32.2. The molecule has 0 radical (unpaired) electrons. The van der Waals surface area contributed by atoms with Gasteiger partial charge in [0.2, 0.25) is 5.91 Å². The van der Waals surface area contributed by atoms with Gasteiger partial charge < -0.3 is 19.1 Å². The summed E-state index contributed by atoms with van der Waals surface area (Å²) in [5, 5.41) is 2.01. The molecule has 2 atom stereocenters. The van der Waals surface area contributed by atoms with Crippen molar-refractivity contribution in [3.8, 4) is 0 Å². The number of ether oxygens (including phenoxy) is 3. The summed E-state index contributed by atoms with van der Waals surface area (Å²) >= 11 is 1.69. The summed E-state index contributed by atoms with van der Waals surface area (Å²) in [6, 6.07) is 0. The molecule has 38 heavy (non-hydrogen) atoms. The van der Waals surface area contributed by atoms with Crippen LogP contribution in [0.25, 0.3) is 0 Å². The van der Waals surface area contributed by atoms with Gasteiger partial charge in [-0.05, 0) is 18.2 Å². The quantitative estimate of drug-likeness (QED) is 0.130. The van der Waals surface area contributed by atoms with E-state index in [-0.39, 0.29) is 18.6 Å².